The van der Waals surface area contributed by atoms with Crippen LogP contribution in [0.2, 0.25) is 0 Å². The van der Waals surface area contributed by atoms with E-state index in [4.69, 9.17) is 5.73 Å². The van der Waals surface area contributed by atoms with Crippen molar-refractivity contribution in [1.82, 2.24) is 4.90 Å². The van der Waals surface area contributed by atoms with Gasteiger partial charge in [-0.15, -0.1) is 12.4 Å². The van der Waals surface area contributed by atoms with Crippen LogP contribution in [0.25, 0.3) is 0 Å². The minimum absolute atomic E-state index is 0. The maximum absolute atomic E-state index is 10.9. The second-order valence-corrected chi connectivity index (χ2v) is 2.79. The molecule has 0 aliphatic carbocycles. The normalized spacial score (nSPS) is 18.3. The summed E-state index contributed by atoms with van der Waals surface area (Å²) in [5.74, 6) is 0. The highest BCUT2D eigenvalue weighted by Gasteiger charge is 2.20. The first-order valence-corrected chi connectivity index (χ1v) is 3.82. The maximum Gasteiger partial charge on any atom is 0.409 e. The van der Waals surface area contributed by atoms with Gasteiger partial charge in [-0.2, -0.15) is 0 Å². The van der Waals surface area contributed by atoms with Gasteiger partial charge in [0, 0.05) is 19.1 Å². The minimum atomic E-state index is -0.239. The molecule has 0 unspecified atom stereocenters. The SMILES string of the molecule is COC(=O)N1CCC(N)CC1.Cl. The van der Waals surface area contributed by atoms with E-state index in [0.29, 0.717) is 0 Å². The van der Waals surface area contributed by atoms with E-state index < -0.39 is 0 Å². The molecule has 1 aliphatic rings. The van der Waals surface area contributed by atoms with Gasteiger partial charge in [0.25, 0.3) is 0 Å². The van der Waals surface area contributed by atoms with Crippen molar-refractivity contribution >= 4 is 18.5 Å². The van der Waals surface area contributed by atoms with Crippen LogP contribution in [0.1, 0.15) is 12.8 Å². The van der Waals surface area contributed by atoms with Crippen LogP contribution in [0.3, 0.4) is 0 Å². The molecule has 0 radical (unpaired) electrons. The third kappa shape index (κ3) is 2.87. The molecule has 0 spiro atoms. The lowest BCUT2D eigenvalue weighted by Gasteiger charge is -2.28. The molecule has 1 rings (SSSR count). The van der Waals surface area contributed by atoms with Crippen LogP contribution in [-0.4, -0.2) is 37.2 Å². The van der Waals surface area contributed by atoms with E-state index in [-0.39, 0.29) is 24.5 Å². The average Bonchev–Trinajstić information content (AvgIpc) is 2.05. The molecule has 1 fully saturated rings. The Balaban J connectivity index is 0.00000121. The molecule has 1 saturated heterocycles. The smallest absolute Gasteiger partial charge is 0.409 e. The summed E-state index contributed by atoms with van der Waals surface area (Å²) in [5, 5.41) is 0. The largest absolute Gasteiger partial charge is 0.453 e. The highest BCUT2D eigenvalue weighted by atomic mass is 35.5. The quantitative estimate of drug-likeness (QED) is 0.615. The van der Waals surface area contributed by atoms with Gasteiger partial charge in [0.05, 0.1) is 7.11 Å². The van der Waals surface area contributed by atoms with Gasteiger partial charge in [-0.25, -0.2) is 4.79 Å². The number of carbonyl (C=O) groups is 1. The number of methoxy groups -OCH3 is 1. The number of amides is 1. The zero-order valence-electron chi connectivity index (χ0n) is 7.16. The van der Waals surface area contributed by atoms with Gasteiger partial charge in [0.2, 0.25) is 0 Å². The molecule has 1 amide bonds. The van der Waals surface area contributed by atoms with Crippen molar-refractivity contribution in [3.05, 3.63) is 0 Å². The molecular formula is C7H15ClN2O2. The predicted octanol–water partition coefficient (Wildman–Crippen LogP) is 0.598. The molecule has 1 heterocycles. The zero-order valence-corrected chi connectivity index (χ0v) is 7.97. The standard InChI is InChI=1S/C7H14N2O2.ClH/c1-11-7(10)9-4-2-6(8)3-5-9;/h6H,2-5,8H2,1H3;1H. The summed E-state index contributed by atoms with van der Waals surface area (Å²) in [4.78, 5) is 12.6. The fourth-order valence-electron chi connectivity index (χ4n) is 1.21. The average molecular weight is 195 g/mol. The topological polar surface area (TPSA) is 55.6 Å². The molecule has 0 aromatic heterocycles. The highest BCUT2D eigenvalue weighted by molar-refractivity contribution is 5.85. The van der Waals surface area contributed by atoms with Crippen molar-refractivity contribution in [1.29, 1.82) is 0 Å². The molecule has 12 heavy (non-hydrogen) atoms. The first-order valence-electron chi connectivity index (χ1n) is 3.82. The Morgan fingerprint density at radius 3 is 2.42 bits per heavy atom. The van der Waals surface area contributed by atoms with E-state index in [0.717, 1.165) is 25.9 Å². The molecule has 2 N–H and O–H groups in total. The lowest BCUT2D eigenvalue weighted by molar-refractivity contribution is 0.112. The lowest BCUT2D eigenvalue weighted by atomic mass is 10.1. The minimum Gasteiger partial charge on any atom is -0.453 e. The number of nitrogens with zero attached hydrogens (tertiary/aromatic N) is 1. The van der Waals surface area contributed by atoms with E-state index in [1.54, 1.807) is 4.90 Å². The number of piperidine rings is 1. The number of hydrogen-bond acceptors (Lipinski definition) is 3. The number of nitrogens with two attached hydrogens (primary N) is 1. The van der Waals surface area contributed by atoms with Crippen LogP contribution in [0.5, 0.6) is 0 Å². The summed E-state index contributed by atoms with van der Waals surface area (Å²) in [6, 6.07) is 0.260. The van der Waals surface area contributed by atoms with E-state index in [1.165, 1.54) is 7.11 Å². The fourth-order valence-corrected chi connectivity index (χ4v) is 1.21. The molecule has 5 heteroatoms. The third-order valence-corrected chi connectivity index (χ3v) is 1.97. The van der Waals surface area contributed by atoms with Gasteiger partial charge in [-0.05, 0) is 12.8 Å². The highest BCUT2D eigenvalue weighted by Crippen LogP contribution is 2.08. The zero-order chi connectivity index (χ0) is 8.27. The van der Waals surface area contributed by atoms with Gasteiger partial charge in [-0.1, -0.05) is 0 Å². The summed E-state index contributed by atoms with van der Waals surface area (Å²) >= 11 is 0. The Bertz CT molecular complexity index is 146. The molecule has 0 aromatic carbocycles. The number of rotatable bonds is 0. The third-order valence-electron chi connectivity index (χ3n) is 1.97. The van der Waals surface area contributed by atoms with Crippen LogP contribution in [-0.2, 0) is 4.74 Å². The molecule has 0 saturated carbocycles. The Morgan fingerprint density at radius 2 is 2.00 bits per heavy atom. The summed E-state index contributed by atoms with van der Waals surface area (Å²) in [5.41, 5.74) is 5.66. The van der Waals surface area contributed by atoms with Crippen LogP contribution >= 0.6 is 12.4 Å². The van der Waals surface area contributed by atoms with Crippen LogP contribution in [0.15, 0.2) is 0 Å². The van der Waals surface area contributed by atoms with Crippen LogP contribution in [0, 0.1) is 0 Å². The Kier molecular flexibility index (Phi) is 5.01. The Morgan fingerprint density at radius 1 is 1.50 bits per heavy atom. The van der Waals surface area contributed by atoms with Crippen molar-refractivity contribution < 1.29 is 9.53 Å². The van der Waals surface area contributed by atoms with Crippen molar-refractivity contribution in [3.8, 4) is 0 Å². The predicted molar refractivity (Wildman–Crippen MR) is 48.4 cm³/mol. The summed E-state index contributed by atoms with van der Waals surface area (Å²) in [6.07, 6.45) is 1.53. The summed E-state index contributed by atoms with van der Waals surface area (Å²) < 4.78 is 4.57. The van der Waals surface area contributed by atoms with Crippen LogP contribution in [0.4, 0.5) is 4.79 Å². The van der Waals surface area contributed by atoms with E-state index >= 15 is 0 Å². The van der Waals surface area contributed by atoms with Gasteiger partial charge >= 0.3 is 6.09 Å². The summed E-state index contributed by atoms with van der Waals surface area (Å²) in [7, 11) is 1.40. The maximum atomic E-state index is 10.9. The molecule has 72 valence electrons. The van der Waals surface area contributed by atoms with Gasteiger partial charge in [0.1, 0.15) is 0 Å². The number of likely N-dealkylation sites (tertiary alicyclic amines) is 1. The Labute approximate surface area is 78.5 Å². The number of halogens is 1. The van der Waals surface area contributed by atoms with Crippen molar-refractivity contribution in [2.75, 3.05) is 20.2 Å². The first kappa shape index (κ1) is 11.5. The first-order chi connectivity index (χ1) is 5.24. The van der Waals surface area contributed by atoms with Crippen molar-refractivity contribution in [2.45, 2.75) is 18.9 Å². The van der Waals surface area contributed by atoms with E-state index in [1.807, 2.05) is 0 Å². The Hall–Kier alpha value is -0.480. The molecule has 1 aliphatic heterocycles. The molecule has 0 bridgehead atoms. The van der Waals surface area contributed by atoms with Crippen LogP contribution < -0.4 is 5.73 Å². The second kappa shape index (κ2) is 5.22. The van der Waals surface area contributed by atoms with E-state index in [9.17, 15) is 4.79 Å². The van der Waals surface area contributed by atoms with Gasteiger partial charge in [0.15, 0.2) is 0 Å². The van der Waals surface area contributed by atoms with Crippen molar-refractivity contribution in [2.24, 2.45) is 5.73 Å². The van der Waals surface area contributed by atoms with Crippen molar-refractivity contribution in [3.63, 3.8) is 0 Å². The van der Waals surface area contributed by atoms with Gasteiger partial charge in [-0.3, -0.25) is 0 Å². The molecule has 0 aromatic rings. The van der Waals surface area contributed by atoms with Gasteiger partial charge < -0.3 is 15.4 Å². The lowest BCUT2D eigenvalue weighted by Crippen LogP contribution is -2.42. The number of ether oxygens (including phenoxy) is 1. The number of carbonyl (C=O) groups excluding carboxylic acids is 1. The van der Waals surface area contributed by atoms with E-state index in [2.05, 4.69) is 4.74 Å². The summed E-state index contributed by atoms with van der Waals surface area (Å²) in [6.45, 7) is 1.46. The second-order valence-electron chi connectivity index (χ2n) is 2.79. The molecule has 0 atom stereocenters. The fraction of sp³-hybridized carbons (Fsp3) is 0.857. The molecule has 4 nitrogen and oxygen atoms in total. The number of hydrogen-bond donors (Lipinski definition) is 1. The monoisotopic (exact) mass is 194 g/mol. The molecular weight excluding hydrogens is 180 g/mol.